The fraction of sp³-hybridized carbons (Fsp3) is 0.400. The van der Waals surface area contributed by atoms with Crippen molar-refractivity contribution in [3.8, 4) is 5.13 Å². The van der Waals surface area contributed by atoms with Gasteiger partial charge in [-0.05, 0) is 18.7 Å². The molecule has 3 aromatic heterocycles. The van der Waals surface area contributed by atoms with Gasteiger partial charge >= 0.3 is 0 Å². The summed E-state index contributed by atoms with van der Waals surface area (Å²) in [6.07, 6.45) is 3.85. The van der Waals surface area contributed by atoms with E-state index < -0.39 is 0 Å². The van der Waals surface area contributed by atoms with E-state index in [0.717, 1.165) is 18.2 Å². The lowest BCUT2D eigenvalue weighted by molar-refractivity contribution is 0.174. The first kappa shape index (κ1) is 15.9. The summed E-state index contributed by atoms with van der Waals surface area (Å²) in [7, 11) is 1.61. The maximum Gasteiger partial charge on any atom is 0.240 e. The Bertz CT molecular complexity index is 722. The average molecular weight is 333 g/mol. The summed E-state index contributed by atoms with van der Waals surface area (Å²) in [6, 6.07) is 4.14. The van der Waals surface area contributed by atoms with Crippen molar-refractivity contribution in [3.05, 3.63) is 47.3 Å². The molecule has 122 valence electrons. The number of hydrogen-bond acceptors (Lipinski definition) is 7. The molecule has 0 spiro atoms. The molecule has 0 saturated carbocycles. The zero-order valence-electron chi connectivity index (χ0n) is 13.2. The number of thiazole rings is 1. The van der Waals surface area contributed by atoms with Crippen LogP contribution in [0.5, 0.6) is 0 Å². The van der Waals surface area contributed by atoms with E-state index in [1.807, 2.05) is 23.8 Å². The Hall–Kier alpha value is -2.03. The summed E-state index contributed by atoms with van der Waals surface area (Å²) in [5.74, 6) is 1.18. The van der Waals surface area contributed by atoms with E-state index >= 15 is 0 Å². The van der Waals surface area contributed by atoms with E-state index in [9.17, 15) is 0 Å². The van der Waals surface area contributed by atoms with Gasteiger partial charge in [0.25, 0.3) is 0 Å². The van der Waals surface area contributed by atoms with Crippen LogP contribution in [0.15, 0.2) is 34.4 Å². The molecule has 3 heterocycles. The monoisotopic (exact) mass is 333 g/mol. The molecule has 0 aromatic carbocycles. The van der Waals surface area contributed by atoms with Gasteiger partial charge in [-0.1, -0.05) is 12.1 Å². The summed E-state index contributed by atoms with van der Waals surface area (Å²) < 4.78 is 12.4. The second kappa shape index (κ2) is 7.49. The summed E-state index contributed by atoms with van der Waals surface area (Å²) in [5.41, 5.74) is 1.18. The topological polar surface area (TPSA) is 69.2 Å². The number of methoxy groups -OCH3 is 1. The summed E-state index contributed by atoms with van der Waals surface area (Å²) in [5, 5.41) is 6.85. The highest BCUT2D eigenvalue weighted by atomic mass is 32.1. The molecule has 23 heavy (non-hydrogen) atoms. The maximum atomic E-state index is 5.27. The lowest BCUT2D eigenvalue weighted by Gasteiger charge is -2.18. The molecule has 0 aliphatic heterocycles. The van der Waals surface area contributed by atoms with Gasteiger partial charge in [0.15, 0.2) is 11.0 Å². The summed E-state index contributed by atoms with van der Waals surface area (Å²) in [6.45, 7) is 4.75. The van der Waals surface area contributed by atoms with Gasteiger partial charge in [0.1, 0.15) is 6.61 Å². The van der Waals surface area contributed by atoms with Gasteiger partial charge in [-0.25, -0.2) is 4.98 Å². The average Bonchev–Trinajstić information content (AvgIpc) is 3.28. The van der Waals surface area contributed by atoms with Crippen molar-refractivity contribution in [2.24, 2.45) is 0 Å². The molecule has 0 radical (unpaired) electrons. The van der Waals surface area contributed by atoms with Gasteiger partial charge in [0.2, 0.25) is 5.89 Å². The maximum absolute atomic E-state index is 5.27. The first-order valence-electron chi connectivity index (χ1n) is 7.39. The van der Waals surface area contributed by atoms with Crippen LogP contribution in [-0.2, 0) is 24.4 Å². The fourth-order valence-electron chi connectivity index (χ4n) is 2.31. The molecular formula is C15H19N5O2S. The predicted octanol–water partition coefficient (Wildman–Crippen LogP) is 2.49. The highest BCUT2D eigenvalue weighted by molar-refractivity contribution is 7.12. The van der Waals surface area contributed by atoms with Crippen LogP contribution in [0.3, 0.4) is 0 Å². The Labute approximate surface area is 138 Å². The van der Waals surface area contributed by atoms with Crippen LogP contribution >= 0.6 is 11.3 Å². The number of ether oxygens (including phenoxy) is 1. The van der Waals surface area contributed by atoms with Crippen molar-refractivity contribution >= 4 is 11.3 Å². The summed E-state index contributed by atoms with van der Waals surface area (Å²) >= 11 is 1.62. The van der Waals surface area contributed by atoms with E-state index in [-0.39, 0.29) is 0 Å². The van der Waals surface area contributed by atoms with Gasteiger partial charge in [-0.3, -0.25) is 9.47 Å². The van der Waals surface area contributed by atoms with Gasteiger partial charge in [0, 0.05) is 37.1 Å². The van der Waals surface area contributed by atoms with Crippen molar-refractivity contribution in [3.63, 3.8) is 0 Å². The predicted molar refractivity (Wildman–Crippen MR) is 86.2 cm³/mol. The molecule has 8 heteroatoms. The van der Waals surface area contributed by atoms with Crippen molar-refractivity contribution in [2.45, 2.75) is 26.6 Å². The number of hydrogen-bond donors (Lipinski definition) is 0. The Kier molecular flexibility index (Phi) is 5.16. The Morgan fingerprint density at radius 3 is 3.04 bits per heavy atom. The minimum atomic E-state index is 0.364. The molecule has 0 fully saturated rings. The number of rotatable bonds is 8. The standard InChI is InChI=1S/C15H19N5O2S/c1-3-19(10-14-17-13(11-21-2)18-22-14)9-12-5-4-7-20(12)15-16-6-8-23-15/h4-8H,3,9-11H2,1-2H3. The molecule has 0 unspecified atom stereocenters. The van der Waals surface area contributed by atoms with Crippen molar-refractivity contribution in [1.29, 1.82) is 0 Å². The molecule has 0 bridgehead atoms. The van der Waals surface area contributed by atoms with E-state index in [0.29, 0.717) is 24.9 Å². The van der Waals surface area contributed by atoms with Gasteiger partial charge in [-0.2, -0.15) is 4.98 Å². The minimum absolute atomic E-state index is 0.364. The number of nitrogens with zero attached hydrogens (tertiary/aromatic N) is 5. The first-order valence-corrected chi connectivity index (χ1v) is 8.27. The van der Waals surface area contributed by atoms with Crippen molar-refractivity contribution in [2.75, 3.05) is 13.7 Å². The van der Waals surface area contributed by atoms with Gasteiger partial charge in [0.05, 0.1) is 6.54 Å². The molecule has 7 nitrogen and oxygen atoms in total. The van der Waals surface area contributed by atoms with Crippen molar-refractivity contribution < 1.29 is 9.26 Å². The Morgan fingerprint density at radius 1 is 1.39 bits per heavy atom. The fourth-order valence-corrected chi connectivity index (χ4v) is 2.97. The molecule has 0 amide bonds. The first-order chi connectivity index (χ1) is 11.3. The molecule has 3 rings (SSSR count). The zero-order valence-corrected chi connectivity index (χ0v) is 14.0. The van der Waals surface area contributed by atoms with E-state index in [4.69, 9.17) is 9.26 Å². The van der Waals surface area contributed by atoms with Gasteiger partial charge < -0.3 is 9.26 Å². The van der Waals surface area contributed by atoms with E-state index in [1.165, 1.54) is 5.69 Å². The van der Waals surface area contributed by atoms with Crippen LogP contribution < -0.4 is 0 Å². The van der Waals surface area contributed by atoms with Crippen molar-refractivity contribution in [1.82, 2.24) is 24.6 Å². The lowest BCUT2D eigenvalue weighted by Crippen LogP contribution is -2.23. The SMILES string of the molecule is CCN(Cc1nc(COC)no1)Cc1cccn1-c1nccs1. The quantitative estimate of drug-likeness (QED) is 0.631. The van der Waals surface area contributed by atoms with Crippen LogP contribution in [-0.4, -0.2) is 38.2 Å². The smallest absolute Gasteiger partial charge is 0.240 e. The van der Waals surface area contributed by atoms with Crippen LogP contribution in [0.25, 0.3) is 5.13 Å². The molecule has 0 saturated heterocycles. The van der Waals surface area contributed by atoms with Crippen LogP contribution in [0, 0.1) is 0 Å². The third kappa shape index (κ3) is 3.84. The van der Waals surface area contributed by atoms with Crippen LogP contribution in [0.1, 0.15) is 24.3 Å². The van der Waals surface area contributed by atoms with Crippen LogP contribution in [0.2, 0.25) is 0 Å². The molecular weight excluding hydrogens is 314 g/mol. The third-order valence-corrected chi connectivity index (χ3v) is 4.20. The molecule has 0 aliphatic carbocycles. The molecule has 0 aliphatic rings. The van der Waals surface area contributed by atoms with E-state index in [1.54, 1.807) is 18.4 Å². The van der Waals surface area contributed by atoms with E-state index in [2.05, 4.69) is 37.6 Å². The zero-order chi connectivity index (χ0) is 16.1. The molecule has 0 atom stereocenters. The Morgan fingerprint density at radius 2 is 2.30 bits per heavy atom. The summed E-state index contributed by atoms with van der Waals surface area (Å²) in [4.78, 5) is 10.9. The number of aromatic nitrogens is 4. The highest BCUT2D eigenvalue weighted by Crippen LogP contribution is 2.17. The lowest BCUT2D eigenvalue weighted by atomic mass is 10.3. The highest BCUT2D eigenvalue weighted by Gasteiger charge is 2.14. The third-order valence-electron chi connectivity index (χ3n) is 3.43. The largest absolute Gasteiger partial charge is 0.377 e. The minimum Gasteiger partial charge on any atom is -0.377 e. The second-order valence-corrected chi connectivity index (χ2v) is 5.90. The normalized spacial score (nSPS) is 11.4. The molecule has 0 N–H and O–H groups in total. The Balaban J connectivity index is 1.69. The van der Waals surface area contributed by atoms with Crippen LogP contribution in [0.4, 0.5) is 0 Å². The van der Waals surface area contributed by atoms with Gasteiger partial charge in [-0.15, -0.1) is 11.3 Å². The molecule has 3 aromatic rings. The second-order valence-electron chi connectivity index (χ2n) is 5.02.